The highest BCUT2D eigenvalue weighted by Crippen LogP contribution is 2.45. The molecule has 0 radical (unpaired) electrons. The van der Waals surface area contributed by atoms with Crippen LogP contribution in [0.5, 0.6) is 0 Å². The van der Waals surface area contributed by atoms with Crippen LogP contribution < -0.4 is 5.32 Å². The number of aryl methyl sites for hydroxylation is 1. The van der Waals surface area contributed by atoms with E-state index >= 15 is 0 Å². The number of aliphatic carboxylic acids is 1. The molecule has 120 valence electrons. The molecule has 0 spiro atoms. The third-order valence-corrected chi connectivity index (χ3v) is 5.50. The van der Waals surface area contributed by atoms with Gasteiger partial charge in [0.15, 0.2) is 0 Å². The van der Waals surface area contributed by atoms with Crippen LogP contribution in [0, 0.1) is 6.92 Å². The number of amides is 1. The van der Waals surface area contributed by atoms with Gasteiger partial charge in [0.2, 0.25) is 5.91 Å². The fourth-order valence-electron chi connectivity index (χ4n) is 2.76. The Morgan fingerprint density at radius 1 is 1.23 bits per heavy atom. The third-order valence-electron chi connectivity index (χ3n) is 4.01. The van der Waals surface area contributed by atoms with E-state index in [2.05, 4.69) is 36.5 Å². The highest BCUT2D eigenvalue weighted by atomic mass is 32.2. The van der Waals surface area contributed by atoms with Crippen LogP contribution >= 0.6 is 11.8 Å². The summed E-state index contributed by atoms with van der Waals surface area (Å²) in [4.78, 5) is 24.2. The number of nitrogens with one attached hydrogen (secondary N) is 1. The summed E-state index contributed by atoms with van der Waals surface area (Å²) < 4.78 is -0.390. The smallest absolute Gasteiger partial charge is 0.303 e. The van der Waals surface area contributed by atoms with Crippen LogP contribution in [0.4, 0.5) is 0 Å². The molecule has 0 aliphatic heterocycles. The Morgan fingerprint density at radius 2 is 1.86 bits per heavy atom. The van der Waals surface area contributed by atoms with Crippen molar-refractivity contribution < 1.29 is 14.7 Å². The van der Waals surface area contributed by atoms with Gasteiger partial charge in [0.25, 0.3) is 0 Å². The lowest BCUT2D eigenvalue weighted by Gasteiger charge is -2.27. The lowest BCUT2D eigenvalue weighted by molar-refractivity contribution is -0.137. The summed E-state index contributed by atoms with van der Waals surface area (Å²) >= 11 is 1.65. The molecule has 22 heavy (non-hydrogen) atoms. The first-order valence-electron chi connectivity index (χ1n) is 7.78. The highest BCUT2D eigenvalue weighted by molar-refractivity contribution is 8.01. The van der Waals surface area contributed by atoms with E-state index in [1.807, 2.05) is 0 Å². The van der Waals surface area contributed by atoms with Gasteiger partial charge in [-0.3, -0.25) is 9.59 Å². The third kappa shape index (κ3) is 4.50. The molecule has 2 N–H and O–H groups in total. The molecule has 1 fully saturated rings. The zero-order chi connectivity index (χ0) is 16.0. The van der Waals surface area contributed by atoms with Crippen molar-refractivity contribution in [1.82, 2.24) is 5.32 Å². The molecule has 1 aromatic carbocycles. The van der Waals surface area contributed by atoms with E-state index in [1.165, 1.54) is 5.56 Å². The monoisotopic (exact) mass is 321 g/mol. The van der Waals surface area contributed by atoms with Crippen molar-refractivity contribution in [3.8, 4) is 0 Å². The first-order valence-corrected chi connectivity index (χ1v) is 8.59. The summed E-state index contributed by atoms with van der Waals surface area (Å²) in [5.74, 6) is -0.764. The summed E-state index contributed by atoms with van der Waals surface area (Å²) in [5.41, 5.74) is 1.21. The van der Waals surface area contributed by atoms with E-state index in [0.717, 1.165) is 30.6 Å². The minimum atomic E-state index is -0.821. The molecule has 0 heterocycles. The summed E-state index contributed by atoms with van der Waals surface area (Å²) in [6.07, 6.45) is 4.49. The number of hydrogen-bond donors (Lipinski definition) is 2. The maximum Gasteiger partial charge on any atom is 0.303 e. The number of carboxylic acids is 1. The predicted molar refractivity (Wildman–Crippen MR) is 88.1 cm³/mol. The van der Waals surface area contributed by atoms with E-state index in [4.69, 9.17) is 5.11 Å². The summed E-state index contributed by atoms with van der Waals surface area (Å²) in [7, 11) is 0. The van der Waals surface area contributed by atoms with Gasteiger partial charge in [-0.1, -0.05) is 30.5 Å². The van der Waals surface area contributed by atoms with E-state index < -0.39 is 10.7 Å². The fraction of sp³-hybridized carbons (Fsp3) is 0.529. The molecule has 4 nitrogen and oxygen atoms in total. The van der Waals surface area contributed by atoms with Gasteiger partial charge in [0.1, 0.15) is 0 Å². The summed E-state index contributed by atoms with van der Waals surface area (Å²) in [5, 5.41) is 11.6. The molecule has 0 aromatic heterocycles. The van der Waals surface area contributed by atoms with E-state index in [1.54, 1.807) is 11.8 Å². The number of rotatable bonds is 7. The highest BCUT2D eigenvalue weighted by Gasteiger charge is 2.41. The van der Waals surface area contributed by atoms with Gasteiger partial charge < -0.3 is 10.4 Å². The number of carboxylic acid groups (broad SMARTS) is 1. The molecule has 0 unspecified atom stereocenters. The molecule has 0 bridgehead atoms. The first kappa shape index (κ1) is 16.9. The van der Waals surface area contributed by atoms with Crippen LogP contribution in [0.25, 0.3) is 0 Å². The summed E-state index contributed by atoms with van der Waals surface area (Å²) in [6, 6.07) is 8.26. The Kier molecular flexibility index (Phi) is 5.89. The van der Waals surface area contributed by atoms with Crippen LogP contribution in [0.3, 0.4) is 0 Å². The van der Waals surface area contributed by atoms with Gasteiger partial charge in [-0.15, -0.1) is 11.8 Å². The number of benzene rings is 1. The van der Waals surface area contributed by atoms with E-state index in [-0.39, 0.29) is 12.3 Å². The van der Waals surface area contributed by atoms with E-state index in [9.17, 15) is 9.59 Å². The SMILES string of the molecule is Cc1ccc(SC2(C(=O)NCCCC(=O)O)CCCC2)cc1. The maximum atomic E-state index is 12.6. The van der Waals surface area contributed by atoms with Crippen molar-refractivity contribution >= 4 is 23.6 Å². The zero-order valence-electron chi connectivity index (χ0n) is 12.9. The zero-order valence-corrected chi connectivity index (χ0v) is 13.7. The largest absolute Gasteiger partial charge is 0.481 e. The molecule has 1 amide bonds. The molecule has 2 rings (SSSR count). The van der Waals surface area contributed by atoms with Crippen molar-refractivity contribution in [2.75, 3.05) is 6.54 Å². The van der Waals surface area contributed by atoms with Gasteiger partial charge >= 0.3 is 5.97 Å². The van der Waals surface area contributed by atoms with E-state index in [0.29, 0.717) is 13.0 Å². The fourth-order valence-corrected chi connectivity index (χ4v) is 4.14. The minimum absolute atomic E-state index is 0.0564. The second kappa shape index (κ2) is 7.68. The van der Waals surface area contributed by atoms with Crippen LogP contribution in [0.1, 0.15) is 44.1 Å². The minimum Gasteiger partial charge on any atom is -0.481 e. The van der Waals surface area contributed by atoms with Crippen LogP contribution in [0.15, 0.2) is 29.2 Å². The second-order valence-electron chi connectivity index (χ2n) is 5.87. The number of hydrogen-bond acceptors (Lipinski definition) is 3. The Labute approximate surface area is 135 Å². The van der Waals surface area contributed by atoms with Crippen molar-refractivity contribution in [2.45, 2.75) is 55.1 Å². The molecular formula is C17H23NO3S. The lowest BCUT2D eigenvalue weighted by atomic mass is 10.1. The molecule has 1 aromatic rings. The van der Waals surface area contributed by atoms with Crippen molar-refractivity contribution in [3.63, 3.8) is 0 Å². The Balaban J connectivity index is 1.96. The van der Waals surface area contributed by atoms with Crippen LogP contribution in [-0.2, 0) is 9.59 Å². The molecule has 1 aliphatic carbocycles. The van der Waals surface area contributed by atoms with Crippen LogP contribution in [0.2, 0.25) is 0 Å². The first-order chi connectivity index (χ1) is 10.5. The van der Waals surface area contributed by atoms with Gasteiger partial charge in [0, 0.05) is 17.9 Å². The number of carbonyl (C=O) groups excluding carboxylic acids is 1. The lowest BCUT2D eigenvalue weighted by Crippen LogP contribution is -2.42. The molecule has 0 saturated heterocycles. The molecule has 5 heteroatoms. The van der Waals surface area contributed by atoms with Gasteiger partial charge in [-0.05, 0) is 38.3 Å². The topological polar surface area (TPSA) is 66.4 Å². The number of carbonyl (C=O) groups is 2. The van der Waals surface area contributed by atoms with Gasteiger partial charge in [-0.2, -0.15) is 0 Å². The molecular weight excluding hydrogens is 298 g/mol. The standard InChI is InChI=1S/C17H23NO3S/c1-13-6-8-14(9-7-13)22-17(10-2-3-11-17)16(21)18-12-4-5-15(19)20/h6-9H,2-5,10-12H2,1H3,(H,18,21)(H,19,20). The Morgan fingerprint density at radius 3 is 2.45 bits per heavy atom. The number of thioether (sulfide) groups is 1. The Bertz CT molecular complexity index is 521. The molecule has 0 atom stereocenters. The van der Waals surface area contributed by atoms with Crippen molar-refractivity contribution in [3.05, 3.63) is 29.8 Å². The van der Waals surface area contributed by atoms with Crippen LogP contribution in [-0.4, -0.2) is 28.3 Å². The Hall–Kier alpha value is -1.49. The van der Waals surface area contributed by atoms with Crippen molar-refractivity contribution in [2.24, 2.45) is 0 Å². The van der Waals surface area contributed by atoms with Crippen molar-refractivity contribution in [1.29, 1.82) is 0 Å². The quantitative estimate of drug-likeness (QED) is 0.756. The predicted octanol–water partition coefficient (Wildman–Crippen LogP) is 3.38. The average molecular weight is 321 g/mol. The maximum absolute atomic E-state index is 12.6. The van der Waals surface area contributed by atoms with Gasteiger partial charge in [-0.25, -0.2) is 0 Å². The van der Waals surface area contributed by atoms with Gasteiger partial charge in [0.05, 0.1) is 4.75 Å². The normalized spacial score (nSPS) is 16.4. The molecule has 1 aliphatic rings. The molecule has 1 saturated carbocycles. The second-order valence-corrected chi connectivity index (χ2v) is 7.33. The summed E-state index contributed by atoms with van der Waals surface area (Å²) in [6.45, 7) is 2.48. The average Bonchev–Trinajstić information content (AvgIpc) is 2.95.